The molecule has 0 saturated carbocycles. The van der Waals surface area contributed by atoms with Crippen LogP contribution in [0.3, 0.4) is 0 Å². The van der Waals surface area contributed by atoms with Crippen molar-refractivity contribution in [2.24, 2.45) is 0 Å². The first-order chi connectivity index (χ1) is 9.60. The lowest BCUT2D eigenvalue weighted by atomic mass is 10.2. The van der Waals surface area contributed by atoms with Crippen LogP contribution in [0, 0.1) is 12.7 Å². The van der Waals surface area contributed by atoms with Gasteiger partial charge in [-0.15, -0.1) is 0 Å². The van der Waals surface area contributed by atoms with Crippen molar-refractivity contribution in [3.63, 3.8) is 0 Å². The molecule has 0 radical (unpaired) electrons. The first-order valence-corrected chi connectivity index (χ1v) is 7.18. The fourth-order valence-corrected chi connectivity index (χ4v) is 2.12. The van der Waals surface area contributed by atoms with E-state index in [1.165, 1.54) is 6.07 Å². The predicted molar refractivity (Wildman–Crippen MR) is 80.5 cm³/mol. The maximum absolute atomic E-state index is 13.2. The third-order valence-electron chi connectivity index (χ3n) is 2.80. The molecule has 0 aliphatic rings. The van der Waals surface area contributed by atoms with Crippen LogP contribution in [0.15, 0.2) is 34.9 Å². The summed E-state index contributed by atoms with van der Waals surface area (Å²) in [7, 11) is 0. The van der Waals surface area contributed by atoms with E-state index in [0.717, 1.165) is 16.6 Å². The molecule has 0 atom stereocenters. The Morgan fingerprint density at radius 1 is 1.35 bits per heavy atom. The number of rotatable bonds is 5. The van der Waals surface area contributed by atoms with E-state index in [1.807, 2.05) is 13.0 Å². The van der Waals surface area contributed by atoms with Gasteiger partial charge in [-0.05, 0) is 59.2 Å². The monoisotopic (exact) mass is 338 g/mol. The molecule has 0 fully saturated rings. The molecular weight excluding hydrogens is 323 g/mol. The highest BCUT2D eigenvalue weighted by Gasteiger charge is 2.08. The van der Waals surface area contributed by atoms with Gasteiger partial charge in [-0.25, -0.2) is 9.37 Å². The molecule has 0 unspecified atom stereocenters. The van der Waals surface area contributed by atoms with Crippen molar-refractivity contribution in [2.75, 3.05) is 6.54 Å². The van der Waals surface area contributed by atoms with Crippen LogP contribution in [0.2, 0.25) is 0 Å². The first kappa shape index (κ1) is 14.9. The maximum Gasteiger partial charge on any atom is 0.223 e. The van der Waals surface area contributed by atoms with Gasteiger partial charge in [0.05, 0.1) is 0 Å². The lowest BCUT2D eigenvalue weighted by molar-refractivity contribution is 0.451. The number of halogens is 2. The highest BCUT2D eigenvalue weighted by molar-refractivity contribution is 9.10. The molecule has 1 aromatic heterocycles. The quantitative estimate of drug-likeness (QED) is 0.887. The summed E-state index contributed by atoms with van der Waals surface area (Å²) < 4.78 is 19.9. The van der Waals surface area contributed by atoms with Crippen molar-refractivity contribution in [3.05, 3.63) is 51.9 Å². The second kappa shape index (κ2) is 6.81. The fourth-order valence-electron chi connectivity index (χ4n) is 1.74. The molecule has 1 aromatic carbocycles. The SMILES string of the molecule is CCNCc1cc(Br)cnc1Oc1ccc(F)c(C)c1. The molecule has 0 bridgehead atoms. The van der Waals surface area contributed by atoms with Crippen LogP contribution >= 0.6 is 15.9 Å². The minimum absolute atomic E-state index is 0.242. The number of benzene rings is 1. The molecule has 0 aliphatic heterocycles. The Bertz CT molecular complexity index is 604. The predicted octanol–water partition coefficient (Wildman–Crippen LogP) is 4.19. The summed E-state index contributed by atoms with van der Waals surface area (Å²) in [4.78, 5) is 4.28. The number of aromatic nitrogens is 1. The van der Waals surface area contributed by atoms with E-state index in [4.69, 9.17) is 4.74 Å². The average molecular weight is 339 g/mol. The van der Waals surface area contributed by atoms with Crippen molar-refractivity contribution in [1.82, 2.24) is 10.3 Å². The maximum atomic E-state index is 13.2. The molecular formula is C15H16BrFN2O. The molecule has 5 heteroatoms. The van der Waals surface area contributed by atoms with Crippen LogP contribution < -0.4 is 10.1 Å². The summed E-state index contributed by atoms with van der Waals surface area (Å²) in [5.74, 6) is 0.866. The zero-order valence-electron chi connectivity index (χ0n) is 11.4. The van der Waals surface area contributed by atoms with Crippen molar-refractivity contribution in [3.8, 4) is 11.6 Å². The number of hydrogen-bond donors (Lipinski definition) is 1. The highest BCUT2D eigenvalue weighted by atomic mass is 79.9. The summed E-state index contributed by atoms with van der Waals surface area (Å²) in [5, 5.41) is 3.24. The van der Waals surface area contributed by atoms with E-state index in [0.29, 0.717) is 23.7 Å². The number of hydrogen-bond acceptors (Lipinski definition) is 3. The molecule has 0 aliphatic carbocycles. The van der Waals surface area contributed by atoms with Crippen LogP contribution in [-0.4, -0.2) is 11.5 Å². The van der Waals surface area contributed by atoms with Gasteiger partial charge in [0.15, 0.2) is 0 Å². The minimum Gasteiger partial charge on any atom is -0.439 e. The molecule has 0 amide bonds. The summed E-state index contributed by atoms with van der Waals surface area (Å²) in [6, 6.07) is 6.62. The summed E-state index contributed by atoms with van der Waals surface area (Å²) in [6.07, 6.45) is 1.68. The van der Waals surface area contributed by atoms with E-state index in [-0.39, 0.29) is 5.82 Å². The van der Waals surface area contributed by atoms with E-state index in [2.05, 4.69) is 26.2 Å². The average Bonchev–Trinajstić information content (AvgIpc) is 2.43. The van der Waals surface area contributed by atoms with Gasteiger partial charge in [0, 0.05) is 22.8 Å². The number of pyridine rings is 1. The summed E-state index contributed by atoms with van der Waals surface area (Å²) in [5.41, 5.74) is 1.50. The van der Waals surface area contributed by atoms with E-state index < -0.39 is 0 Å². The van der Waals surface area contributed by atoms with Crippen molar-refractivity contribution >= 4 is 15.9 Å². The van der Waals surface area contributed by atoms with Gasteiger partial charge in [0.1, 0.15) is 11.6 Å². The Balaban J connectivity index is 2.25. The normalized spacial score (nSPS) is 10.6. The first-order valence-electron chi connectivity index (χ1n) is 6.39. The third-order valence-corrected chi connectivity index (χ3v) is 3.24. The highest BCUT2D eigenvalue weighted by Crippen LogP contribution is 2.26. The summed E-state index contributed by atoms with van der Waals surface area (Å²) in [6.45, 7) is 5.27. The lowest BCUT2D eigenvalue weighted by Crippen LogP contribution is -2.13. The van der Waals surface area contributed by atoms with Crippen molar-refractivity contribution in [2.45, 2.75) is 20.4 Å². The molecule has 20 heavy (non-hydrogen) atoms. The molecule has 3 nitrogen and oxygen atoms in total. The van der Waals surface area contributed by atoms with Gasteiger partial charge in [0.25, 0.3) is 0 Å². The molecule has 0 spiro atoms. The van der Waals surface area contributed by atoms with E-state index in [1.54, 1.807) is 25.3 Å². The number of nitrogens with one attached hydrogen (secondary N) is 1. The number of nitrogens with zero attached hydrogens (tertiary/aromatic N) is 1. The smallest absolute Gasteiger partial charge is 0.223 e. The Labute approximate surface area is 126 Å². The zero-order valence-corrected chi connectivity index (χ0v) is 13.0. The molecule has 2 aromatic rings. The zero-order chi connectivity index (χ0) is 14.5. The van der Waals surface area contributed by atoms with Crippen molar-refractivity contribution < 1.29 is 9.13 Å². The van der Waals surface area contributed by atoms with Crippen LogP contribution in [-0.2, 0) is 6.54 Å². The van der Waals surface area contributed by atoms with Crippen LogP contribution in [0.1, 0.15) is 18.1 Å². The largest absolute Gasteiger partial charge is 0.439 e. The second-order valence-electron chi connectivity index (χ2n) is 4.41. The second-order valence-corrected chi connectivity index (χ2v) is 5.33. The van der Waals surface area contributed by atoms with Gasteiger partial charge in [-0.3, -0.25) is 0 Å². The Kier molecular flexibility index (Phi) is 5.09. The molecule has 106 valence electrons. The minimum atomic E-state index is -0.242. The lowest BCUT2D eigenvalue weighted by Gasteiger charge is -2.11. The van der Waals surface area contributed by atoms with Crippen LogP contribution in [0.25, 0.3) is 0 Å². The van der Waals surface area contributed by atoms with Gasteiger partial charge < -0.3 is 10.1 Å². The van der Waals surface area contributed by atoms with Gasteiger partial charge >= 0.3 is 0 Å². The molecule has 0 saturated heterocycles. The number of ether oxygens (including phenoxy) is 1. The fraction of sp³-hybridized carbons (Fsp3) is 0.267. The van der Waals surface area contributed by atoms with E-state index >= 15 is 0 Å². The van der Waals surface area contributed by atoms with E-state index in [9.17, 15) is 4.39 Å². The molecule has 1 N–H and O–H groups in total. The van der Waals surface area contributed by atoms with Gasteiger partial charge in [0.2, 0.25) is 5.88 Å². The van der Waals surface area contributed by atoms with Crippen LogP contribution in [0.5, 0.6) is 11.6 Å². The Morgan fingerprint density at radius 2 is 2.15 bits per heavy atom. The Morgan fingerprint density at radius 3 is 2.85 bits per heavy atom. The van der Waals surface area contributed by atoms with Crippen LogP contribution in [0.4, 0.5) is 4.39 Å². The molecule has 2 rings (SSSR count). The number of aryl methyl sites for hydroxylation is 1. The summed E-state index contributed by atoms with van der Waals surface area (Å²) >= 11 is 3.40. The standard InChI is InChI=1S/C15H16BrFN2O/c1-3-18-8-11-7-12(16)9-19-15(11)20-13-4-5-14(17)10(2)6-13/h4-7,9,18H,3,8H2,1-2H3. The third kappa shape index (κ3) is 3.77. The molecule has 1 heterocycles. The topological polar surface area (TPSA) is 34.2 Å². The van der Waals surface area contributed by atoms with Gasteiger partial charge in [-0.1, -0.05) is 6.92 Å². The van der Waals surface area contributed by atoms with Gasteiger partial charge in [-0.2, -0.15) is 0 Å². The van der Waals surface area contributed by atoms with Crippen molar-refractivity contribution in [1.29, 1.82) is 0 Å². The Hall–Kier alpha value is -1.46.